The molecule has 0 unspecified atom stereocenters. The van der Waals surface area contributed by atoms with Gasteiger partial charge in [-0.1, -0.05) is 6.07 Å². The molecule has 0 saturated carbocycles. The summed E-state index contributed by atoms with van der Waals surface area (Å²) in [6.07, 6.45) is -0.956. The number of fused-ring (bicyclic) bond motifs is 1. The van der Waals surface area contributed by atoms with Crippen molar-refractivity contribution >= 4 is 16.9 Å². The molecule has 146 valence electrons. The van der Waals surface area contributed by atoms with Crippen molar-refractivity contribution in [1.29, 1.82) is 0 Å². The number of ether oxygens (including phenoxy) is 3. The lowest BCUT2D eigenvalue weighted by molar-refractivity contribution is -0.150. The molecule has 6 heteroatoms. The van der Waals surface area contributed by atoms with E-state index in [0.29, 0.717) is 22.3 Å². The molecule has 0 aliphatic heterocycles. The molecule has 0 spiro atoms. The van der Waals surface area contributed by atoms with Crippen LogP contribution in [0.1, 0.15) is 19.4 Å². The van der Waals surface area contributed by atoms with E-state index in [9.17, 15) is 9.59 Å². The Morgan fingerprint density at radius 1 is 1.14 bits per heavy atom. The molecule has 1 atom stereocenters. The summed E-state index contributed by atoms with van der Waals surface area (Å²) in [7, 11) is 1.57. The van der Waals surface area contributed by atoms with Crippen LogP contribution in [0.3, 0.4) is 0 Å². The van der Waals surface area contributed by atoms with Crippen LogP contribution in [0, 0.1) is 6.92 Å². The quantitative estimate of drug-likeness (QED) is 0.597. The Morgan fingerprint density at radius 3 is 2.50 bits per heavy atom. The van der Waals surface area contributed by atoms with Crippen LogP contribution in [-0.4, -0.2) is 25.8 Å². The van der Waals surface area contributed by atoms with E-state index in [0.717, 1.165) is 5.56 Å². The van der Waals surface area contributed by atoms with E-state index >= 15 is 0 Å². The molecule has 0 fully saturated rings. The molecule has 3 aromatic rings. The smallest absolute Gasteiger partial charge is 0.347 e. The van der Waals surface area contributed by atoms with Gasteiger partial charge in [0.1, 0.15) is 11.3 Å². The van der Waals surface area contributed by atoms with Crippen molar-refractivity contribution in [3.63, 3.8) is 0 Å². The van der Waals surface area contributed by atoms with Gasteiger partial charge in [-0.2, -0.15) is 0 Å². The highest BCUT2D eigenvalue weighted by Crippen LogP contribution is 2.32. The number of carbonyl (C=O) groups is 1. The first-order valence-corrected chi connectivity index (χ1v) is 8.99. The van der Waals surface area contributed by atoms with Gasteiger partial charge in [-0.3, -0.25) is 4.79 Å². The van der Waals surface area contributed by atoms with Gasteiger partial charge in [0.25, 0.3) is 0 Å². The van der Waals surface area contributed by atoms with Crippen LogP contribution in [0.25, 0.3) is 22.3 Å². The minimum atomic E-state index is -0.956. The second kappa shape index (κ2) is 8.17. The molecule has 1 heterocycles. The van der Waals surface area contributed by atoms with Gasteiger partial charge >= 0.3 is 5.97 Å². The second-order valence-electron chi connectivity index (χ2n) is 6.33. The molecule has 0 amide bonds. The lowest BCUT2D eigenvalue weighted by atomic mass is 10.1. The zero-order valence-corrected chi connectivity index (χ0v) is 16.3. The monoisotopic (exact) mass is 382 g/mol. The van der Waals surface area contributed by atoms with Gasteiger partial charge in [0.05, 0.1) is 19.1 Å². The van der Waals surface area contributed by atoms with Gasteiger partial charge in [0, 0.05) is 5.56 Å². The predicted molar refractivity (Wildman–Crippen MR) is 106 cm³/mol. The lowest BCUT2D eigenvalue weighted by Gasteiger charge is -2.16. The molecule has 0 aliphatic carbocycles. The maximum atomic E-state index is 13.1. The fraction of sp³-hybridized carbons (Fsp3) is 0.273. The third-order valence-corrected chi connectivity index (χ3v) is 4.27. The van der Waals surface area contributed by atoms with Gasteiger partial charge < -0.3 is 18.6 Å². The van der Waals surface area contributed by atoms with Crippen molar-refractivity contribution in [3.8, 4) is 22.8 Å². The van der Waals surface area contributed by atoms with Gasteiger partial charge in [0.15, 0.2) is 11.9 Å². The average Bonchev–Trinajstić information content (AvgIpc) is 2.70. The maximum Gasteiger partial charge on any atom is 0.347 e. The van der Waals surface area contributed by atoms with Crippen LogP contribution in [0.15, 0.2) is 51.7 Å². The second-order valence-corrected chi connectivity index (χ2v) is 6.33. The summed E-state index contributed by atoms with van der Waals surface area (Å²) < 4.78 is 21.9. The highest BCUT2D eigenvalue weighted by molar-refractivity contribution is 5.83. The summed E-state index contributed by atoms with van der Waals surface area (Å²) >= 11 is 0. The van der Waals surface area contributed by atoms with E-state index in [1.165, 1.54) is 6.92 Å². The van der Waals surface area contributed by atoms with E-state index < -0.39 is 12.1 Å². The van der Waals surface area contributed by atoms with Crippen molar-refractivity contribution < 1.29 is 23.4 Å². The van der Waals surface area contributed by atoms with E-state index in [1.54, 1.807) is 50.4 Å². The Morgan fingerprint density at radius 2 is 1.86 bits per heavy atom. The van der Waals surface area contributed by atoms with Gasteiger partial charge in [-0.15, -0.1) is 0 Å². The normalized spacial score (nSPS) is 11.9. The van der Waals surface area contributed by atoms with Crippen LogP contribution >= 0.6 is 0 Å². The minimum absolute atomic E-state index is 0.0259. The minimum Gasteiger partial charge on any atom is -0.497 e. The number of benzene rings is 2. The number of hydrogen-bond acceptors (Lipinski definition) is 6. The van der Waals surface area contributed by atoms with E-state index in [2.05, 4.69) is 0 Å². The molecular weight excluding hydrogens is 360 g/mol. The summed E-state index contributed by atoms with van der Waals surface area (Å²) in [5.74, 6) is 0.348. The molecule has 0 aliphatic rings. The summed E-state index contributed by atoms with van der Waals surface area (Å²) in [4.78, 5) is 25.1. The van der Waals surface area contributed by atoms with E-state index in [4.69, 9.17) is 18.6 Å². The van der Waals surface area contributed by atoms with Crippen LogP contribution in [-0.2, 0) is 9.53 Å². The van der Waals surface area contributed by atoms with Crippen molar-refractivity contribution in [3.05, 3.63) is 58.3 Å². The van der Waals surface area contributed by atoms with Crippen LogP contribution in [0.5, 0.6) is 11.5 Å². The Balaban J connectivity index is 2.17. The average molecular weight is 382 g/mol. The number of aryl methyl sites for hydroxylation is 1. The third-order valence-electron chi connectivity index (χ3n) is 4.27. The fourth-order valence-electron chi connectivity index (χ4n) is 2.81. The van der Waals surface area contributed by atoms with Crippen LogP contribution in [0.2, 0.25) is 0 Å². The molecular formula is C22H22O6. The highest BCUT2D eigenvalue weighted by atomic mass is 16.6. The number of hydrogen-bond donors (Lipinski definition) is 0. The van der Waals surface area contributed by atoms with Gasteiger partial charge in [0.2, 0.25) is 11.2 Å². The Hall–Kier alpha value is -3.28. The molecule has 28 heavy (non-hydrogen) atoms. The molecule has 0 bridgehead atoms. The molecule has 0 saturated heterocycles. The first-order chi connectivity index (χ1) is 13.4. The van der Waals surface area contributed by atoms with E-state index in [1.807, 2.05) is 13.0 Å². The fourth-order valence-corrected chi connectivity index (χ4v) is 2.81. The Bertz CT molecular complexity index is 1050. The number of carbonyl (C=O) groups excluding carboxylic acids is 1. The van der Waals surface area contributed by atoms with Crippen molar-refractivity contribution in [2.75, 3.05) is 13.7 Å². The molecule has 0 N–H and O–H groups in total. The molecule has 1 aromatic heterocycles. The van der Waals surface area contributed by atoms with Gasteiger partial charge in [-0.05, 0) is 62.7 Å². The largest absolute Gasteiger partial charge is 0.497 e. The van der Waals surface area contributed by atoms with Crippen molar-refractivity contribution in [2.45, 2.75) is 26.9 Å². The van der Waals surface area contributed by atoms with Crippen LogP contribution < -0.4 is 14.9 Å². The maximum absolute atomic E-state index is 13.1. The standard InChI is InChI=1S/C22H22O6/c1-5-26-22(24)14(3)27-21-19(23)17-11-6-13(2)12-18(17)28-20(21)15-7-9-16(25-4)10-8-15/h6-12,14H,5H2,1-4H3/t14-/m0/s1. The molecule has 2 aromatic carbocycles. The molecule has 0 radical (unpaired) electrons. The number of rotatable bonds is 6. The topological polar surface area (TPSA) is 75.0 Å². The van der Waals surface area contributed by atoms with Crippen molar-refractivity contribution in [1.82, 2.24) is 0 Å². The molecule has 3 rings (SSSR count). The van der Waals surface area contributed by atoms with Crippen LogP contribution in [0.4, 0.5) is 0 Å². The predicted octanol–water partition coefficient (Wildman–Crippen LogP) is 4.11. The zero-order valence-electron chi connectivity index (χ0n) is 16.3. The SMILES string of the molecule is CCOC(=O)[C@H](C)Oc1c(-c2ccc(OC)cc2)oc2cc(C)ccc2c1=O. The first kappa shape index (κ1) is 19.5. The summed E-state index contributed by atoms with van der Waals surface area (Å²) in [6, 6.07) is 12.4. The third kappa shape index (κ3) is 3.86. The van der Waals surface area contributed by atoms with Gasteiger partial charge in [-0.25, -0.2) is 4.79 Å². The first-order valence-electron chi connectivity index (χ1n) is 8.99. The summed E-state index contributed by atoms with van der Waals surface area (Å²) in [5.41, 5.74) is 1.70. The van der Waals surface area contributed by atoms with E-state index in [-0.39, 0.29) is 23.5 Å². The Kier molecular flexibility index (Phi) is 5.68. The summed E-state index contributed by atoms with van der Waals surface area (Å²) in [5, 5.41) is 0.383. The zero-order chi connectivity index (χ0) is 20.3. The summed E-state index contributed by atoms with van der Waals surface area (Å²) in [6.45, 7) is 5.39. The van der Waals surface area contributed by atoms with Crippen molar-refractivity contribution in [2.24, 2.45) is 0 Å². The number of methoxy groups -OCH3 is 1. The molecule has 6 nitrogen and oxygen atoms in total. The lowest BCUT2D eigenvalue weighted by Crippen LogP contribution is -2.28. The number of esters is 1. The highest BCUT2D eigenvalue weighted by Gasteiger charge is 2.23. The Labute approximate surface area is 162 Å².